The number of ether oxygens (including phenoxy) is 3. The maximum absolute atomic E-state index is 14.5. The lowest BCUT2D eigenvalue weighted by atomic mass is 9.84. The van der Waals surface area contributed by atoms with Gasteiger partial charge in [-0.1, -0.05) is 12.1 Å². The number of hydrogen-bond acceptors (Lipinski definition) is 5. The highest BCUT2D eigenvalue weighted by molar-refractivity contribution is 5.91. The van der Waals surface area contributed by atoms with Gasteiger partial charge in [-0.2, -0.15) is 31.4 Å². The van der Waals surface area contributed by atoms with Gasteiger partial charge >= 0.3 is 18.3 Å². The molecule has 216 valence electrons. The Labute approximate surface area is 226 Å². The van der Waals surface area contributed by atoms with Crippen LogP contribution in [0, 0.1) is 0 Å². The molecule has 4 rings (SSSR count). The Morgan fingerprint density at radius 1 is 1.07 bits per heavy atom. The Bertz CT molecular complexity index is 1390. The molecule has 0 aliphatic carbocycles. The molecule has 40 heavy (non-hydrogen) atoms. The van der Waals surface area contributed by atoms with Crippen molar-refractivity contribution in [1.82, 2.24) is 9.78 Å². The molecule has 0 amide bonds. The number of hydrogen-bond donors (Lipinski definition) is 0. The van der Waals surface area contributed by atoms with Crippen LogP contribution in [0.25, 0.3) is 22.3 Å². The van der Waals surface area contributed by atoms with Crippen molar-refractivity contribution in [3.8, 4) is 28.0 Å². The maximum atomic E-state index is 14.5. The van der Waals surface area contributed by atoms with E-state index in [1.54, 1.807) is 39.0 Å². The topological polar surface area (TPSA) is 62.6 Å². The molecule has 2 heterocycles. The molecule has 1 atom stereocenters. The van der Waals surface area contributed by atoms with Crippen molar-refractivity contribution in [3.63, 3.8) is 0 Å². The molecule has 3 aromatic rings. The van der Waals surface area contributed by atoms with E-state index < -0.39 is 47.7 Å². The average molecular weight is 571 g/mol. The van der Waals surface area contributed by atoms with Gasteiger partial charge in [-0.05, 0) is 74.1 Å². The summed E-state index contributed by atoms with van der Waals surface area (Å²) in [6, 6.07) is 6.81. The number of alkyl halides is 6. The zero-order chi connectivity index (χ0) is 29.5. The predicted octanol–water partition coefficient (Wildman–Crippen LogP) is 7.15. The first-order valence-corrected chi connectivity index (χ1v) is 12.4. The highest BCUT2D eigenvalue weighted by atomic mass is 19.4. The van der Waals surface area contributed by atoms with Gasteiger partial charge in [0.2, 0.25) is 0 Å². The van der Waals surface area contributed by atoms with Crippen LogP contribution in [0.4, 0.5) is 26.3 Å². The largest absolute Gasteiger partial charge is 0.493 e. The molecular formula is C28H28F6N2O4. The third-order valence-corrected chi connectivity index (χ3v) is 6.18. The van der Waals surface area contributed by atoms with Crippen molar-refractivity contribution in [2.75, 3.05) is 13.7 Å². The van der Waals surface area contributed by atoms with E-state index in [-0.39, 0.29) is 16.7 Å². The fourth-order valence-electron chi connectivity index (χ4n) is 4.66. The summed E-state index contributed by atoms with van der Waals surface area (Å²) in [6.45, 7) is 3.85. The van der Waals surface area contributed by atoms with Crippen molar-refractivity contribution < 1.29 is 45.3 Å². The lowest BCUT2D eigenvalue weighted by Gasteiger charge is -2.30. The number of aromatic nitrogens is 2. The van der Waals surface area contributed by atoms with Gasteiger partial charge in [0.15, 0.2) is 6.10 Å². The van der Waals surface area contributed by atoms with E-state index in [4.69, 9.17) is 14.2 Å². The van der Waals surface area contributed by atoms with Crippen LogP contribution < -0.4 is 4.74 Å². The Morgan fingerprint density at radius 2 is 1.80 bits per heavy atom. The molecule has 0 bridgehead atoms. The molecule has 1 aliphatic rings. The van der Waals surface area contributed by atoms with E-state index >= 15 is 0 Å². The summed E-state index contributed by atoms with van der Waals surface area (Å²) in [5.41, 5.74) is -1.44. The number of esters is 1. The first kappa shape index (κ1) is 29.4. The Kier molecular flexibility index (Phi) is 7.94. The van der Waals surface area contributed by atoms with E-state index in [2.05, 4.69) is 5.10 Å². The summed E-state index contributed by atoms with van der Waals surface area (Å²) >= 11 is 0. The number of carbonyl (C=O) groups excluding carboxylic acids is 1. The molecule has 0 spiro atoms. The number of fused-ring (bicyclic) bond motifs is 1. The van der Waals surface area contributed by atoms with E-state index in [1.165, 1.54) is 0 Å². The van der Waals surface area contributed by atoms with Crippen LogP contribution in [-0.2, 0) is 33.4 Å². The van der Waals surface area contributed by atoms with Crippen LogP contribution in [0.5, 0.6) is 5.75 Å². The lowest BCUT2D eigenvalue weighted by molar-refractivity contribution is -0.166. The van der Waals surface area contributed by atoms with Crippen LogP contribution in [0.1, 0.15) is 50.0 Å². The highest BCUT2D eigenvalue weighted by Crippen LogP contribution is 2.47. The Hall–Kier alpha value is -3.54. The van der Waals surface area contributed by atoms with Crippen LogP contribution in [0.2, 0.25) is 0 Å². The number of benzene rings is 2. The van der Waals surface area contributed by atoms with E-state index in [0.717, 1.165) is 37.2 Å². The molecule has 1 aliphatic heterocycles. The van der Waals surface area contributed by atoms with Crippen LogP contribution in [0.3, 0.4) is 0 Å². The molecule has 0 N–H and O–H groups in total. The third-order valence-electron chi connectivity index (χ3n) is 6.18. The number of rotatable bonds is 6. The number of carbonyl (C=O) groups is 1. The average Bonchev–Trinajstić information content (AvgIpc) is 3.31. The van der Waals surface area contributed by atoms with Crippen molar-refractivity contribution in [3.05, 3.63) is 59.4 Å². The minimum absolute atomic E-state index is 0.0330. The monoisotopic (exact) mass is 570 g/mol. The number of aryl methyl sites for hydroxylation is 1. The second-order valence-corrected chi connectivity index (χ2v) is 10.4. The molecular weight excluding hydrogens is 542 g/mol. The SMILES string of the molecule is COC(=O)C(OC(C)(C)C)c1c(C(F)(F)F)ccc(-c2cnn(CC(F)(F)F)c2)c1-c1ccc2c(c1)CCCO2. The van der Waals surface area contributed by atoms with Gasteiger partial charge in [0, 0.05) is 17.3 Å². The molecule has 0 fully saturated rings. The molecule has 1 unspecified atom stereocenters. The zero-order valence-electron chi connectivity index (χ0n) is 22.2. The van der Waals surface area contributed by atoms with Gasteiger partial charge in [0.05, 0.1) is 31.1 Å². The summed E-state index contributed by atoms with van der Waals surface area (Å²) in [6.07, 6.45) is -7.74. The van der Waals surface area contributed by atoms with Gasteiger partial charge in [0.1, 0.15) is 12.3 Å². The van der Waals surface area contributed by atoms with Crippen LogP contribution in [0.15, 0.2) is 42.7 Å². The fourth-order valence-corrected chi connectivity index (χ4v) is 4.66. The standard InChI is InChI=1S/C28H28F6N2O4/c1-26(2,3)40-24(25(37)38-4)23-20(28(32,33)34)9-8-19(18-13-35-36(14-18)15-27(29,30)31)22(23)17-7-10-21-16(12-17)6-5-11-39-21/h7-10,12-14,24H,5-6,11,15H2,1-4H3. The lowest BCUT2D eigenvalue weighted by Crippen LogP contribution is -2.30. The normalized spacial score (nSPS) is 14.8. The quantitative estimate of drug-likeness (QED) is 0.233. The third kappa shape index (κ3) is 6.60. The zero-order valence-corrected chi connectivity index (χ0v) is 22.2. The smallest absolute Gasteiger partial charge is 0.416 e. The molecule has 0 radical (unpaired) electrons. The number of methoxy groups -OCH3 is 1. The van der Waals surface area contributed by atoms with Crippen molar-refractivity contribution in [1.29, 1.82) is 0 Å². The van der Waals surface area contributed by atoms with Gasteiger partial charge < -0.3 is 14.2 Å². The molecule has 12 heteroatoms. The van der Waals surface area contributed by atoms with Crippen molar-refractivity contribution >= 4 is 5.97 Å². The second kappa shape index (κ2) is 10.8. The first-order valence-electron chi connectivity index (χ1n) is 12.4. The van der Waals surface area contributed by atoms with Gasteiger partial charge in [0.25, 0.3) is 0 Å². The van der Waals surface area contributed by atoms with Crippen molar-refractivity contribution in [2.24, 2.45) is 0 Å². The minimum atomic E-state index is -4.91. The van der Waals surface area contributed by atoms with E-state index in [0.29, 0.717) is 35.4 Å². The van der Waals surface area contributed by atoms with Crippen LogP contribution >= 0.6 is 0 Å². The van der Waals surface area contributed by atoms with Crippen molar-refractivity contribution in [2.45, 2.75) is 64.2 Å². The number of halogens is 6. The predicted molar refractivity (Wildman–Crippen MR) is 134 cm³/mol. The minimum Gasteiger partial charge on any atom is -0.493 e. The summed E-state index contributed by atoms with van der Waals surface area (Å²) in [5.74, 6) is -0.480. The molecule has 0 saturated carbocycles. The Balaban J connectivity index is 2.07. The number of nitrogens with zero attached hydrogens (tertiary/aromatic N) is 2. The summed E-state index contributed by atoms with van der Waals surface area (Å²) < 4.78 is 99.8. The first-order chi connectivity index (χ1) is 18.6. The van der Waals surface area contributed by atoms with E-state index in [9.17, 15) is 31.1 Å². The van der Waals surface area contributed by atoms with Crippen LogP contribution in [-0.4, -0.2) is 41.2 Å². The highest BCUT2D eigenvalue weighted by Gasteiger charge is 2.42. The molecule has 0 saturated heterocycles. The van der Waals surface area contributed by atoms with E-state index in [1.807, 2.05) is 0 Å². The fraction of sp³-hybridized carbons (Fsp3) is 0.429. The van der Waals surface area contributed by atoms with Gasteiger partial charge in [-0.15, -0.1) is 0 Å². The maximum Gasteiger partial charge on any atom is 0.416 e. The second-order valence-electron chi connectivity index (χ2n) is 10.4. The summed E-state index contributed by atoms with van der Waals surface area (Å²) in [5, 5.41) is 3.77. The summed E-state index contributed by atoms with van der Waals surface area (Å²) in [7, 11) is 1.04. The van der Waals surface area contributed by atoms with Gasteiger partial charge in [-0.3, -0.25) is 4.68 Å². The van der Waals surface area contributed by atoms with Gasteiger partial charge in [-0.25, -0.2) is 4.79 Å². The molecule has 1 aromatic heterocycles. The molecule has 6 nitrogen and oxygen atoms in total. The molecule has 2 aromatic carbocycles. The summed E-state index contributed by atoms with van der Waals surface area (Å²) in [4.78, 5) is 13.0. The Morgan fingerprint density at radius 3 is 2.42 bits per heavy atom.